The van der Waals surface area contributed by atoms with Crippen LogP contribution in [0.25, 0.3) is 6.08 Å². The minimum atomic E-state index is -0.594. The third-order valence-corrected chi connectivity index (χ3v) is 1.35. The second-order valence-corrected chi connectivity index (χ2v) is 2.20. The van der Waals surface area contributed by atoms with Crippen molar-refractivity contribution in [3.8, 4) is 0 Å². The highest BCUT2D eigenvalue weighted by Gasteiger charge is 1.99. The molecule has 0 atom stereocenters. The Hall–Kier alpha value is -1.38. The lowest BCUT2D eigenvalue weighted by atomic mass is 10.2. The zero-order chi connectivity index (χ0) is 8.97. The highest BCUT2D eigenvalue weighted by atomic mass is 19.1. The summed E-state index contributed by atoms with van der Waals surface area (Å²) < 4.78 is 29.8. The van der Waals surface area contributed by atoms with E-state index in [1.165, 1.54) is 31.6 Å². The van der Waals surface area contributed by atoms with Crippen LogP contribution >= 0.6 is 0 Å². The molecule has 1 aromatic carbocycles. The van der Waals surface area contributed by atoms with Gasteiger partial charge in [-0.2, -0.15) is 0 Å². The van der Waals surface area contributed by atoms with E-state index in [9.17, 15) is 8.78 Å². The number of rotatable bonds is 2. The predicted molar refractivity (Wildman–Crippen MR) is 42.4 cm³/mol. The van der Waals surface area contributed by atoms with Crippen LogP contribution in [0.3, 0.4) is 0 Å². The van der Waals surface area contributed by atoms with Gasteiger partial charge in [0.2, 0.25) is 0 Å². The van der Waals surface area contributed by atoms with E-state index in [2.05, 4.69) is 4.74 Å². The van der Waals surface area contributed by atoms with Crippen LogP contribution in [-0.4, -0.2) is 7.11 Å². The van der Waals surface area contributed by atoms with Gasteiger partial charge in [-0.3, -0.25) is 0 Å². The summed E-state index contributed by atoms with van der Waals surface area (Å²) in [4.78, 5) is 0. The lowest BCUT2D eigenvalue weighted by Crippen LogP contribution is -1.83. The van der Waals surface area contributed by atoms with E-state index in [-0.39, 0.29) is 0 Å². The molecule has 0 aliphatic heterocycles. The molecule has 3 heteroatoms. The summed E-state index contributed by atoms with van der Waals surface area (Å²) in [5, 5.41) is 0. The Bertz CT molecular complexity index is 295. The molecule has 1 rings (SSSR count). The first kappa shape index (κ1) is 8.71. The van der Waals surface area contributed by atoms with Crippen LogP contribution in [0, 0.1) is 11.6 Å². The molecule has 0 aromatic heterocycles. The van der Waals surface area contributed by atoms with Crippen molar-refractivity contribution < 1.29 is 13.5 Å². The standard InChI is InChI=1S/C9H8F2O/c1-12-5-4-7-2-3-8(10)6-9(7)11/h2-6H,1H3. The fraction of sp³-hybridized carbons (Fsp3) is 0.111. The number of methoxy groups -OCH3 is 1. The quantitative estimate of drug-likeness (QED) is 0.620. The highest BCUT2D eigenvalue weighted by molar-refractivity contribution is 5.48. The van der Waals surface area contributed by atoms with Crippen LogP contribution in [0.1, 0.15) is 5.56 Å². The third-order valence-electron chi connectivity index (χ3n) is 1.35. The molecule has 0 radical (unpaired) electrons. The van der Waals surface area contributed by atoms with Crippen molar-refractivity contribution in [3.63, 3.8) is 0 Å². The molecule has 12 heavy (non-hydrogen) atoms. The van der Waals surface area contributed by atoms with Gasteiger partial charge in [0, 0.05) is 11.6 Å². The zero-order valence-corrected chi connectivity index (χ0v) is 6.55. The Labute approximate surface area is 69.3 Å². The maximum absolute atomic E-state index is 12.8. The van der Waals surface area contributed by atoms with E-state index >= 15 is 0 Å². The minimum absolute atomic E-state index is 0.304. The molecule has 0 unspecified atom stereocenters. The lowest BCUT2D eigenvalue weighted by Gasteiger charge is -1.95. The van der Waals surface area contributed by atoms with E-state index in [4.69, 9.17) is 0 Å². The summed E-state index contributed by atoms with van der Waals surface area (Å²) in [6.45, 7) is 0. The van der Waals surface area contributed by atoms with Gasteiger partial charge < -0.3 is 4.74 Å². The molecule has 0 amide bonds. The zero-order valence-electron chi connectivity index (χ0n) is 6.55. The molecule has 64 valence electrons. The predicted octanol–water partition coefficient (Wildman–Crippen LogP) is 2.58. The van der Waals surface area contributed by atoms with Gasteiger partial charge in [0.15, 0.2) is 0 Å². The van der Waals surface area contributed by atoms with E-state index in [0.29, 0.717) is 5.56 Å². The smallest absolute Gasteiger partial charge is 0.133 e. The van der Waals surface area contributed by atoms with Crippen molar-refractivity contribution in [2.24, 2.45) is 0 Å². The van der Waals surface area contributed by atoms with Crippen molar-refractivity contribution in [3.05, 3.63) is 41.7 Å². The summed E-state index contributed by atoms with van der Waals surface area (Å²) in [6, 6.07) is 3.37. The largest absolute Gasteiger partial charge is 0.504 e. The molecule has 0 saturated heterocycles. The summed E-state index contributed by atoms with van der Waals surface area (Å²) >= 11 is 0. The molecule has 0 heterocycles. The summed E-state index contributed by atoms with van der Waals surface area (Å²) in [7, 11) is 1.46. The van der Waals surface area contributed by atoms with Crippen LogP contribution in [0.2, 0.25) is 0 Å². The fourth-order valence-electron chi connectivity index (χ4n) is 0.778. The molecule has 0 fully saturated rings. The topological polar surface area (TPSA) is 9.23 Å². The summed E-state index contributed by atoms with van der Waals surface area (Å²) in [5.74, 6) is -1.18. The lowest BCUT2D eigenvalue weighted by molar-refractivity contribution is 0.341. The Morgan fingerprint density at radius 1 is 1.33 bits per heavy atom. The number of benzene rings is 1. The van der Waals surface area contributed by atoms with Crippen molar-refractivity contribution in [1.82, 2.24) is 0 Å². The molecule has 0 bridgehead atoms. The van der Waals surface area contributed by atoms with Gasteiger partial charge in [-0.1, -0.05) is 0 Å². The molecular formula is C9H8F2O. The Morgan fingerprint density at radius 2 is 2.08 bits per heavy atom. The maximum atomic E-state index is 12.8. The average Bonchev–Trinajstić information content (AvgIpc) is 2.03. The molecule has 0 aliphatic rings. The van der Waals surface area contributed by atoms with E-state index in [1.54, 1.807) is 0 Å². The highest BCUT2D eigenvalue weighted by Crippen LogP contribution is 2.10. The van der Waals surface area contributed by atoms with Gasteiger partial charge in [0.05, 0.1) is 13.4 Å². The van der Waals surface area contributed by atoms with Gasteiger partial charge in [0.1, 0.15) is 11.6 Å². The summed E-state index contributed by atoms with van der Waals surface area (Å²) in [5.41, 5.74) is 0.304. The molecule has 0 N–H and O–H groups in total. The molecule has 1 nitrogen and oxygen atoms in total. The van der Waals surface area contributed by atoms with Crippen molar-refractivity contribution in [2.75, 3.05) is 7.11 Å². The van der Waals surface area contributed by atoms with Crippen molar-refractivity contribution in [2.45, 2.75) is 0 Å². The molecule has 0 spiro atoms. The van der Waals surface area contributed by atoms with Crippen LogP contribution in [0.15, 0.2) is 24.5 Å². The van der Waals surface area contributed by atoms with Gasteiger partial charge in [-0.15, -0.1) is 0 Å². The van der Waals surface area contributed by atoms with E-state index in [1.807, 2.05) is 0 Å². The Balaban J connectivity index is 2.94. The minimum Gasteiger partial charge on any atom is -0.504 e. The Morgan fingerprint density at radius 3 is 2.67 bits per heavy atom. The monoisotopic (exact) mass is 170 g/mol. The van der Waals surface area contributed by atoms with Crippen LogP contribution in [0.5, 0.6) is 0 Å². The SMILES string of the molecule is COC=Cc1ccc(F)cc1F. The van der Waals surface area contributed by atoms with Crippen LogP contribution < -0.4 is 0 Å². The van der Waals surface area contributed by atoms with Gasteiger partial charge in [0.25, 0.3) is 0 Å². The maximum Gasteiger partial charge on any atom is 0.133 e. The van der Waals surface area contributed by atoms with Gasteiger partial charge in [-0.05, 0) is 18.2 Å². The van der Waals surface area contributed by atoms with Crippen molar-refractivity contribution >= 4 is 6.08 Å². The molecule has 1 aromatic rings. The summed E-state index contributed by atoms with van der Waals surface area (Å²) in [6.07, 6.45) is 2.76. The van der Waals surface area contributed by atoms with E-state index in [0.717, 1.165) is 6.07 Å². The molecule has 0 saturated carbocycles. The number of halogens is 2. The molecule has 0 aliphatic carbocycles. The fourth-order valence-corrected chi connectivity index (χ4v) is 0.778. The van der Waals surface area contributed by atoms with Gasteiger partial charge >= 0.3 is 0 Å². The number of hydrogen-bond acceptors (Lipinski definition) is 1. The first-order valence-corrected chi connectivity index (χ1v) is 3.38. The third kappa shape index (κ3) is 2.05. The van der Waals surface area contributed by atoms with Crippen LogP contribution in [0.4, 0.5) is 8.78 Å². The van der Waals surface area contributed by atoms with Gasteiger partial charge in [-0.25, -0.2) is 8.78 Å². The van der Waals surface area contributed by atoms with Crippen molar-refractivity contribution in [1.29, 1.82) is 0 Å². The van der Waals surface area contributed by atoms with E-state index < -0.39 is 11.6 Å². The molecular weight excluding hydrogens is 162 g/mol. The number of ether oxygens (including phenoxy) is 1. The first-order valence-electron chi connectivity index (χ1n) is 3.38. The van der Waals surface area contributed by atoms with Crippen LogP contribution in [-0.2, 0) is 4.74 Å². The average molecular weight is 170 g/mol. The second-order valence-electron chi connectivity index (χ2n) is 2.20. The normalized spacial score (nSPS) is 10.6. The Kier molecular flexibility index (Phi) is 2.80. The number of hydrogen-bond donors (Lipinski definition) is 0. The second kappa shape index (κ2) is 3.85. The first-order chi connectivity index (χ1) is 5.74.